The first kappa shape index (κ1) is 13.3. The molecule has 19 heavy (non-hydrogen) atoms. The Bertz CT molecular complexity index is 517. The van der Waals surface area contributed by atoms with Crippen molar-refractivity contribution in [2.75, 3.05) is 12.1 Å². The van der Waals surface area contributed by atoms with Crippen LogP contribution in [0.5, 0.6) is 0 Å². The minimum absolute atomic E-state index is 0.987. The van der Waals surface area contributed by atoms with Gasteiger partial charge in [-0.05, 0) is 37.5 Å². The summed E-state index contributed by atoms with van der Waals surface area (Å²) in [5, 5.41) is 6.54. The molecule has 0 saturated carbocycles. The summed E-state index contributed by atoms with van der Waals surface area (Å²) in [4.78, 5) is 0. The van der Waals surface area contributed by atoms with Gasteiger partial charge in [-0.25, -0.2) is 0 Å². The first-order valence-electron chi connectivity index (χ1n) is 6.62. The SMILES string of the molecule is CC(CCc1ccccc1)=NN(C)c1ccccc1. The van der Waals surface area contributed by atoms with Crippen molar-refractivity contribution in [3.63, 3.8) is 0 Å². The molecule has 2 heteroatoms. The molecule has 98 valence electrons. The molecular weight excluding hydrogens is 232 g/mol. The lowest BCUT2D eigenvalue weighted by Crippen LogP contribution is -2.11. The molecule has 0 amide bonds. The van der Waals surface area contributed by atoms with E-state index in [1.165, 1.54) is 5.56 Å². The van der Waals surface area contributed by atoms with Gasteiger partial charge in [-0.15, -0.1) is 0 Å². The number of hydrazone groups is 1. The first-order chi connectivity index (χ1) is 9.25. The topological polar surface area (TPSA) is 15.6 Å². The van der Waals surface area contributed by atoms with E-state index in [0.29, 0.717) is 0 Å². The van der Waals surface area contributed by atoms with Crippen molar-refractivity contribution < 1.29 is 0 Å². The molecule has 2 nitrogen and oxygen atoms in total. The van der Waals surface area contributed by atoms with Crippen LogP contribution in [0.25, 0.3) is 0 Å². The number of para-hydroxylation sites is 1. The van der Waals surface area contributed by atoms with Crippen LogP contribution in [0.1, 0.15) is 18.9 Å². The van der Waals surface area contributed by atoms with E-state index >= 15 is 0 Å². The van der Waals surface area contributed by atoms with Gasteiger partial charge < -0.3 is 0 Å². The van der Waals surface area contributed by atoms with Gasteiger partial charge >= 0.3 is 0 Å². The molecule has 0 fully saturated rings. The highest BCUT2D eigenvalue weighted by atomic mass is 15.4. The molecular formula is C17H20N2. The van der Waals surface area contributed by atoms with Gasteiger partial charge in [0, 0.05) is 12.8 Å². The summed E-state index contributed by atoms with van der Waals surface area (Å²) in [6.45, 7) is 2.09. The van der Waals surface area contributed by atoms with Crippen molar-refractivity contribution in [2.45, 2.75) is 19.8 Å². The largest absolute Gasteiger partial charge is 0.269 e. The summed E-state index contributed by atoms with van der Waals surface area (Å²) < 4.78 is 0. The van der Waals surface area contributed by atoms with E-state index in [0.717, 1.165) is 24.2 Å². The lowest BCUT2D eigenvalue weighted by molar-refractivity contribution is 0.966. The second-order valence-electron chi connectivity index (χ2n) is 4.68. The Balaban J connectivity index is 1.92. The molecule has 0 heterocycles. The molecule has 0 aromatic heterocycles. The van der Waals surface area contributed by atoms with E-state index in [-0.39, 0.29) is 0 Å². The normalized spacial score (nSPS) is 11.4. The van der Waals surface area contributed by atoms with Gasteiger partial charge in [0.05, 0.1) is 5.69 Å². The molecule has 0 unspecified atom stereocenters. The van der Waals surface area contributed by atoms with Gasteiger partial charge in [0.1, 0.15) is 0 Å². The third-order valence-corrected chi connectivity index (χ3v) is 3.07. The molecule has 0 radical (unpaired) electrons. The van der Waals surface area contributed by atoms with Gasteiger partial charge in [0.15, 0.2) is 0 Å². The highest BCUT2D eigenvalue weighted by Crippen LogP contribution is 2.12. The van der Waals surface area contributed by atoms with Crippen molar-refractivity contribution in [2.24, 2.45) is 5.10 Å². The average Bonchev–Trinajstić information content (AvgIpc) is 2.47. The second kappa shape index (κ2) is 6.74. The van der Waals surface area contributed by atoms with E-state index in [1.54, 1.807) is 0 Å². The Kier molecular flexibility index (Phi) is 4.73. The summed E-state index contributed by atoms with van der Waals surface area (Å²) in [6.07, 6.45) is 2.03. The van der Waals surface area contributed by atoms with Crippen LogP contribution < -0.4 is 5.01 Å². The van der Waals surface area contributed by atoms with Crippen LogP contribution in [0.3, 0.4) is 0 Å². The molecule has 0 bridgehead atoms. The van der Waals surface area contributed by atoms with Crippen molar-refractivity contribution in [3.8, 4) is 0 Å². The quantitative estimate of drug-likeness (QED) is 0.577. The predicted octanol–water partition coefficient (Wildman–Crippen LogP) is 4.13. The smallest absolute Gasteiger partial charge is 0.0590 e. The van der Waals surface area contributed by atoms with Crippen molar-refractivity contribution in [3.05, 3.63) is 66.2 Å². The van der Waals surface area contributed by atoms with Crippen LogP contribution in [0, 0.1) is 0 Å². The van der Waals surface area contributed by atoms with Gasteiger partial charge in [-0.1, -0.05) is 48.5 Å². The Morgan fingerprint density at radius 3 is 2.16 bits per heavy atom. The third kappa shape index (κ3) is 4.25. The van der Waals surface area contributed by atoms with Crippen LogP contribution in [-0.4, -0.2) is 12.8 Å². The molecule has 0 atom stereocenters. The summed E-state index contributed by atoms with van der Waals surface area (Å²) >= 11 is 0. The molecule has 0 saturated heterocycles. The van der Waals surface area contributed by atoms with Gasteiger partial charge in [-0.3, -0.25) is 5.01 Å². The molecule has 2 aromatic rings. The van der Waals surface area contributed by atoms with E-state index < -0.39 is 0 Å². The summed E-state index contributed by atoms with van der Waals surface area (Å²) in [5.74, 6) is 0. The highest BCUT2D eigenvalue weighted by Gasteiger charge is 1.99. The molecule has 0 aliphatic heterocycles. The zero-order chi connectivity index (χ0) is 13.5. The molecule has 0 aliphatic carbocycles. The summed E-state index contributed by atoms with van der Waals surface area (Å²) in [6, 6.07) is 20.7. The van der Waals surface area contributed by atoms with Crippen molar-refractivity contribution >= 4 is 11.4 Å². The number of aryl methyl sites for hydroxylation is 1. The number of anilines is 1. The molecule has 2 rings (SSSR count). The standard InChI is InChI=1S/C17H20N2/c1-15(13-14-16-9-5-3-6-10-16)18-19(2)17-11-7-4-8-12-17/h3-12H,13-14H2,1-2H3. The molecule has 0 spiro atoms. The number of hydrogen-bond acceptors (Lipinski definition) is 2. The van der Waals surface area contributed by atoms with Crippen LogP contribution >= 0.6 is 0 Å². The molecule has 2 aromatic carbocycles. The minimum atomic E-state index is 0.987. The maximum atomic E-state index is 4.61. The van der Waals surface area contributed by atoms with Crippen LogP contribution in [0.15, 0.2) is 65.8 Å². The third-order valence-electron chi connectivity index (χ3n) is 3.07. The summed E-state index contributed by atoms with van der Waals surface area (Å²) in [7, 11) is 1.99. The fourth-order valence-corrected chi connectivity index (χ4v) is 1.98. The maximum Gasteiger partial charge on any atom is 0.0590 e. The van der Waals surface area contributed by atoms with Gasteiger partial charge in [-0.2, -0.15) is 5.10 Å². The predicted molar refractivity (Wildman–Crippen MR) is 82.7 cm³/mol. The number of rotatable bonds is 5. The minimum Gasteiger partial charge on any atom is -0.269 e. The van der Waals surface area contributed by atoms with E-state index in [9.17, 15) is 0 Å². The molecule has 0 aliphatic rings. The zero-order valence-electron chi connectivity index (χ0n) is 11.6. The van der Waals surface area contributed by atoms with Crippen molar-refractivity contribution in [1.82, 2.24) is 0 Å². The Morgan fingerprint density at radius 2 is 1.53 bits per heavy atom. The zero-order valence-corrected chi connectivity index (χ0v) is 11.6. The lowest BCUT2D eigenvalue weighted by Gasteiger charge is -2.14. The fourth-order valence-electron chi connectivity index (χ4n) is 1.98. The van der Waals surface area contributed by atoms with Gasteiger partial charge in [0.2, 0.25) is 0 Å². The van der Waals surface area contributed by atoms with Crippen LogP contribution in [0.2, 0.25) is 0 Å². The van der Waals surface area contributed by atoms with Gasteiger partial charge in [0.25, 0.3) is 0 Å². The summed E-state index contributed by atoms with van der Waals surface area (Å²) in [5.41, 5.74) is 3.62. The van der Waals surface area contributed by atoms with E-state index in [2.05, 4.69) is 48.4 Å². The van der Waals surface area contributed by atoms with Crippen LogP contribution in [-0.2, 0) is 6.42 Å². The van der Waals surface area contributed by atoms with E-state index in [4.69, 9.17) is 0 Å². The Hall–Kier alpha value is -2.09. The fraction of sp³-hybridized carbons (Fsp3) is 0.235. The second-order valence-corrected chi connectivity index (χ2v) is 4.68. The van der Waals surface area contributed by atoms with E-state index in [1.807, 2.05) is 36.3 Å². The average molecular weight is 252 g/mol. The van der Waals surface area contributed by atoms with Crippen molar-refractivity contribution in [1.29, 1.82) is 0 Å². The Morgan fingerprint density at radius 1 is 0.947 bits per heavy atom. The number of hydrogen-bond donors (Lipinski definition) is 0. The number of benzene rings is 2. The van der Waals surface area contributed by atoms with Crippen LogP contribution in [0.4, 0.5) is 5.69 Å². The monoisotopic (exact) mass is 252 g/mol. The maximum absolute atomic E-state index is 4.61. The molecule has 0 N–H and O–H groups in total. The first-order valence-corrected chi connectivity index (χ1v) is 6.62. The highest BCUT2D eigenvalue weighted by molar-refractivity contribution is 5.83. The Labute approximate surface area is 115 Å². The number of nitrogens with zero attached hydrogens (tertiary/aromatic N) is 2. The lowest BCUT2D eigenvalue weighted by atomic mass is 10.1.